The number of thiophene rings is 1. The van der Waals surface area contributed by atoms with Gasteiger partial charge in [-0.2, -0.15) is 0 Å². The van der Waals surface area contributed by atoms with Crippen molar-refractivity contribution < 1.29 is 0 Å². The third kappa shape index (κ3) is 4.69. The summed E-state index contributed by atoms with van der Waals surface area (Å²) in [6.45, 7) is 8.79. The highest BCUT2D eigenvalue weighted by atomic mass is 127. The third-order valence-corrected chi connectivity index (χ3v) is 3.27. The Morgan fingerprint density at radius 1 is 1.38 bits per heavy atom. The van der Waals surface area contributed by atoms with Crippen molar-refractivity contribution in [3.8, 4) is 0 Å². The summed E-state index contributed by atoms with van der Waals surface area (Å²) in [7, 11) is 0. The first-order valence-corrected chi connectivity index (χ1v) is 6.09. The summed E-state index contributed by atoms with van der Waals surface area (Å²) < 4.78 is 0. The Hall–Kier alpha value is -0.300. The number of rotatable bonds is 4. The molecule has 92 valence electrons. The predicted molar refractivity (Wildman–Crippen MR) is 82.7 cm³/mol. The fraction of sp³-hybridized carbons (Fsp3) is 0.545. The van der Waals surface area contributed by atoms with Crippen LogP contribution in [-0.2, 0) is 6.54 Å². The minimum absolute atomic E-state index is 0. The molecule has 2 N–H and O–H groups in total. The molecule has 0 saturated heterocycles. The lowest BCUT2D eigenvalue weighted by atomic mass is 10.4. The Morgan fingerprint density at radius 2 is 2.00 bits per heavy atom. The quantitative estimate of drug-likeness (QED) is 0.514. The van der Waals surface area contributed by atoms with Gasteiger partial charge in [-0.05, 0) is 32.9 Å². The topological polar surface area (TPSA) is 41.6 Å². The monoisotopic (exact) mass is 353 g/mol. The Morgan fingerprint density at radius 3 is 2.44 bits per heavy atom. The van der Waals surface area contributed by atoms with Crippen LogP contribution in [-0.4, -0.2) is 23.9 Å². The van der Waals surface area contributed by atoms with Crippen LogP contribution < -0.4 is 5.73 Å². The van der Waals surface area contributed by atoms with Crippen LogP contribution in [0.5, 0.6) is 0 Å². The van der Waals surface area contributed by atoms with Crippen molar-refractivity contribution in [1.29, 1.82) is 0 Å². The first-order chi connectivity index (χ1) is 7.17. The molecule has 0 bridgehead atoms. The van der Waals surface area contributed by atoms with E-state index in [-0.39, 0.29) is 24.0 Å². The Balaban J connectivity index is 0.00000225. The van der Waals surface area contributed by atoms with E-state index < -0.39 is 0 Å². The van der Waals surface area contributed by atoms with Gasteiger partial charge in [0.25, 0.3) is 0 Å². The van der Waals surface area contributed by atoms with Crippen LogP contribution in [0.25, 0.3) is 0 Å². The normalized spacial score (nSPS) is 11.1. The van der Waals surface area contributed by atoms with E-state index >= 15 is 0 Å². The average Bonchev–Trinajstić information content (AvgIpc) is 2.63. The van der Waals surface area contributed by atoms with Crippen molar-refractivity contribution in [2.24, 2.45) is 10.7 Å². The van der Waals surface area contributed by atoms with Crippen molar-refractivity contribution in [3.05, 3.63) is 21.9 Å². The number of aliphatic imine (C=N–C) groups is 1. The van der Waals surface area contributed by atoms with Crippen LogP contribution in [0.2, 0.25) is 0 Å². The molecule has 16 heavy (non-hydrogen) atoms. The van der Waals surface area contributed by atoms with Gasteiger partial charge in [-0.3, -0.25) is 0 Å². The summed E-state index contributed by atoms with van der Waals surface area (Å²) in [4.78, 5) is 9.02. The number of hydrogen-bond acceptors (Lipinski definition) is 2. The molecule has 1 aromatic heterocycles. The predicted octanol–water partition coefficient (Wildman–Crippen LogP) is 2.83. The number of guanidine groups is 1. The number of nitrogens with zero attached hydrogens (tertiary/aromatic N) is 2. The third-order valence-electron chi connectivity index (χ3n) is 2.28. The summed E-state index contributed by atoms with van der Waals surface area (Å²) in [5.41, 5.74) is 5.87. The molecular formula is C11H20IN3S. The highest BCUT2D eigenvalue weighted by molar-refractivity contribution is 14.0. The molecule has 1 rings (SSSR count). The van der Waals surface area contributed by atoms with Crippen molar-refractivity contribution in [2.45, 2.75) is 27.3 Å². The van der Waals surface area contributed by atoms with Crippen LogP contribution in [0.1, 0.15) is 23.6 Å². The molecule has 0 aliphatic rings. The maximum atomic E-state index is 5.87. The van der Waals surface area contributed by atoms with Crippen molar-refractivity contribution in [3.63, 3.8) is 0 Å². The summed E-state index contributed by atoms with van der Waals surface area (Å²) in [5, 5.41) is 0. The van der Waals surface area contributed by atoms with E-state index in [0.29, 0.717) is 12.5 Å². The lowest BCUT2D eigenvalue weighted by Crippen LogP contribution is -2.36. The van der Waals surface area contributed by atoms with E-state index in [2.05, 4.69) is 42.8 Å². The van der Waals surface area contributed by atoms with E-state index in [1.807, 2.05) is 0 Å². The van der Waals surface area contributed by atoms with Gasteiger partial charge >= 0.3 is 0 Å². The number of hydrogen-bond donors (Lipinski definition) is 1. The van der Waals surface area contributed by atoms with Crippen LogP contribution in [0.3, 0.4) is 0 Å². The summed E-state index contributed by atoms with van der Waals surface area (Å²) in [5.74, 6) is 0.644. The van der Waals surface area contributed by atoms with Gasteiger partial charge in [0.15, 0.2) is 5.96 Å². The molecule has 0 radical (unpaired) electrons. The maximum absolute atomic E-state index is 5.87. The SMILES string of the molecule is CCN(CC)C(N)=NCc1ccc(C)s1.I. The van der Waals surface area contributed by atoms with Crippen LogP contribution in [0.15, 0.2) is 17.1 Å². The second kappa shape index (κ2) is 7.89. The molecule has 0 atom stereocenters. The van der Waals surface area contributed by atoms with Crippen LogP contribution in [0.4, 0.5) is 0 Å². The van der Waals surface area contributed by atoms with Crippen molar-refractivity contribution in [1.82, 2.24) is 4.90 Å². The number of aryl methyl sites for hydroxylation is 1. The molecule has 0 spiro atoms. The van der Waals surface area contributed by atoms with Gasteiger partial charge in [-0.15, -0.1) is 35.3 Å². The molecule has 0 unspecified atom stereocenters. The van der Waals surface area contributed by atoms with E-state index in [0.717, 1.165) is 13.1 Å². The van der Waals surface area contributed by atoms with Gasteiger partial charge < -0.3 is 10.6 Å². The van der Waals surface area contributed by atoms with Gasteiger partial charge in [-0.25, -0.2) is 4.99 Å². The molecule has 0 aromatic carbocycles. The van der Waals surface area contributed by atoms with Crippen molar-refractivity contribution >= 4 is 41.3 Å². The highest BCUT2D eigenvalue weighted by Gasteiger charge is 2.02. The van der Waals surface area contributed by atoms with Gasteiger partial charge in [-0.1, -0.05) is 0 Å². The molecule has 0 aliphatic carbocycles. The molecule has 1 aromatic rings. The molecule has 1 heterocycles. The van der Waals surface area contributed by atoms with Crippen molar-refractivity contribution in [2.75, 3.05) is 13.1 Å². The Bertz CT molecular complexity index is 332. The lowest BCUT2D eigenvalue weighted by molar-refractivity contribution is 0.458. The fourth-order valence-corrected chi connectivity index (χ4v) is 2.19. The van der Waals surface area contributed by atoms with Crippen LogP contribution in [0, 0.1) is 6.92 Å². The minimum atomic E-state index is 0. The first-order valence-electron chi connectivity index (χ1n) is 5.27. The average molecular weight is 353 g/mol. The second-order valence-corrected chi connectivity index (χ2v) is 4.73. The van der Waals surface area contributed by atoms with Gasteiger partial charge in [0, 0.05) is 22.8 Å². The van der Waals surface area contributed by atoms with E-state index in [1.54, 1.807) is 11.3 Å². The largest absolute Gasteiger partial charge is 0.370 e. The van der Waals surface area contributed by atoms with Gasteiger partial charge in [0.2, 0.25) is 0 Å². The fourth-order valence-electron chi connectivity index (χ4n) is 1.38. The van der Waals surface area contributed by atoms with Crippen LogP contribution >= 0.6 is 35.3 Å². The lowest BCUT2D eigenvalue weighted by Gasteiger charge is -2.19. The molecule has 3 nitrogen and oxygen atoms in total. The number of halogens is 1. The molecule has 5 heteroatoms. The Kier molecular flexibility index (Phi) is 7.74. The molecule has 0 saturated carbocycles. The first kappa shape index (κ1) is 15.7. The summed E-state index contributed by atoms with van der Waals surface area (Å²) >= 11 is 1.78. The minimum Gasteiger partial charge on any atom is -0.370 e. The summed E-state index contributed by atoms with van der Waals surface area (Å²) in [6, 6.07) is 4.22. The zero-order valence-corrected chi connectivity index (χ0v) is 13.2. The van der Waals surface area contributed by atoms with E-state index in [1.165, 1.54) is 9.75 Å². The molecular weight excluding hydrogens is 333 g/mol. The zero-order valence-electron chi connectivity index (χ0n) is 10.1. The summed E-state index contributed by atoms with van der Waals surface area (Å²) in [6.07, 6.45) is 0. The van der Waals surface area contributed by atoms with E-state index in [9.17, 15) is 0 Å². The van der Waals surface area contributed by atoms with Gasteiger partial charge in [0.05, 0.1) is 6.54 Å². The Labute approximate surface area is 119 Å². The standard InChI is InChI=1S/C11H19N3S.HI/c1-4-14(5-2)11(12)13-8-10-7-6-9(3)15-10;/h6-7H,4-5,8H2,1-3H3,(H2,12,13);1H. The second-order valence-electron chi connectivity index (χ2n) is 3.36. The molecule has 0 fully saturated rings. The molecule has 0 aliphatic heterocycles. The van der Waals surface area contributed by atoms with E-state index in [4.69, 9.17) is 5.73 Å². The zero-order chi connectivity index (χ0) is 11.3. The van der Waals surface area contributed by atoms with Gasteiger partial charge in [0.1, 0.15) is 0 Å². The molecule has 0 amide bonds. The maximum Gasteiger partial charge on any atom is 0.191 e. The number of nitrogens with two attached hydrogens (primary N) is 1. The smallest absolute Gasteiger partial charge is 0.191 e. The highest BCUT2D eigenvalue weighted by Crippen LogP contribution is 2.15.